The van der Waals surface area contributed by atoms with Crippen LogP contribution in [0.3, 0.4) is 0 Å². The van der Waals surface area contributed by atoms with Gasteiger partial charge in [-0.1, -0.05) is 0 Å². The second kappa shape index (κ2) is 3.69. The van der Waals surface area contributed by atoms with Crippen molar-refractivity contribution < 1.29 is 0 Å². The van der Waals surface area contributed by atoms with E-state index in [2.05, 4.69) is 25.8 Å². The van der Waals surface area contributed by atoms with E-state index in [1.54, 1.807) is 0 Å². The van der Waals surface area contributed by atoms with Crippen LogP contribution in [0.1, 0.15) is 33.6 Å². The van der Waals surface area contributed by atoms with E-state index < -0.39 is 0 Å². The smallest absolute Gasteiger partial charge is 0.110 e. The highest BCUT2D eigenvalue weighted by atomic mass is 32.2. The van der Waals surface area contributed by atoms with Gasteiger partial charge < -0.3 is 5.73 Å². The lowest BCUT2D eigenvalue weighted by molar-refractivity contribution is 0.731. The molecular weight excluding hydrogens is 168 g/mol. The molecule has 2 N–H and O–H groups in total. The van der Waals surface area contributed by atoms with Crippen LogP contribution >= 0.6 is 11.8 Å². The molecule has 2 nitrogen and oxygen atoms in total. The lowest BCUT2D eigenvalue weighted by Gasteiger charge is -2.22. The molecule has 1 aliphatic rings. The topological polar surface area (TPSA) is 38.4 Å². The fraction of sp³-hybridized carbons (Fsp3) is 0.889. The summed E-state index contributed by atoms with van der Waals surface area (Å²) in [6.45, 7) is 6.33. The number of nitrogens with two attached hydrogens (primary N) is 1. The molecule has 1 aliphatic heterocycles. The minimum Gasteiger partial charge on any atom is -0.386 e. The van der Waals surface area contributed by atoms with Gasteiger partial charge in [-0.3, -0.25) is 4.99 Å². The summed E-state index contributed by atoms with van der Waals surface area (Å²) in [5.41, 5.74) is 5.94. The van der Waals surface area contributed by atoms with Crippen LogP contribution in [0, 0.1) is 0 Å². The van der Waals surface area contributed by atoms with Crippen molar-refractivity contribution >= 4 is 17.6 Å². The molecule has 0 aromatic carbocycles. The summed E-state index contributed by atoms with van der Waals surface area (Å²) in [7, 11) is 0. The van der Waals surface area contributed by atoms with E-state index >= 15 is 0 Å². The zero-order chi connectivity index (χ0) is 9.19. The Bertz CT molecular complexity index is 181. The highest BCUT2D eigenvalue weighted by molar-refractivity contribution is 8.01. The first-order valence-electron chi connectivity index (χ1n) is 4.52. The van der Waals surface area contributed by atoms with Gasteiger partial charge in [-0.25, -0.2) is 0 Å². The predicted molar refractivity (Wildman–Crippen MR) is 56.9 cm³/mol. The molecule has 12 heavy (non-hydrogen) atoms. The average Bonchev–Trinajstić information content (AvgIpc) is 2.36. The van der Waals surface area contributed by atoms with Crippen LogP contribution in [0.4, 0.5) is 0 Å². The van der Waals surface area contributed by atoms with Crippen LogP contribution < -0.4 is 5.73 Å². The first kappa shape index (κ1) is 9.90. The van der Waals surface area contributed by atoms with Gasteiger partial charge in [0.2, 0.25) is 0 Å². The van der Waals surface area contributed by atoms with Gasteiger partial charge in [0.1, 0.15) is 5.84 Å². The summed E-state index contributed by atoms with van der Waals surface area (Å²) < 4.78 is 0.129. The number of thioether (sulfide) groups is 1. The van der Waals surface area contributed by atoms with Gasteiger partial charge in [0.15, 0.2) is 0 Å². The Morgan fingerprint density at radius 3 is 2.67 bits per heavy atom. The standard InChI is InChI=1S/C9H18N2S/c1-7(2)11-8(10)9(3)5-4-6-12-9/h7H,4-6H2,1-3H3,(H2,10,11). The molecule has 1 atom stereocenters. The molecule has 1 unspecified atom stereocenters. The third-order valence-corrected chi connectivity index (χ3v) is 3.70. The quantitative estimate of drug-likeness (QED) is 0.529. The zero-order valence-electron chi connectivity index (χ0n) is 8.13. The molecule has 0 spiro atoms. The summed E-state index contributed by atoms with van der Waals surface area (Å²) in [6, 6.07) is 0.322. The number of amidine groups is 1. The summed E-state index contributed by atoms with van der Waals surface area (Å²) in [5.74, 6) is 2.06. The van der Waals surface area contributed by atoms with Crippen molar-refractivity contribution in [2.75, 3.05) is 5.75 Å². The summed E-state index contributed by atoms with van der Waals surface area (Å²) >= 11 is 1.94. The van der Waals surface area contributed by atoms with Crippen molar-refractivity contribution in [3.63, 3.8) is 0 Å². The maximum atomic E-state index is 5.94. The Kier molecular flexibility index (Phi) is 3.04. The number of hydrogen-bond acceptors (Lipinski definition) is 2. The summed E-state index contributed by atoms with van der Waals surface area (Å²) in [6.07, 6.45) is 2.45. The molecule has 0 bridgehead atoms. The first-order chi connectivity index (χ1) is 5.54. The van der Waals surface area contributed by atoms with Crippen LogP contribution in [0.2, 0.25) is 0 Å². The lowest BCUT2D eigenvalue weighted by atomic mass is 10.0. The fourth-order valence-electron chi connectivity index (χ4n) is 1.40. The van der Waals surface area contributed by atoms with Crippen molar-refractivity contribution in [2.45, 2.75) is 44.4 Å². The van der Waals surface area contributed by atoms with Crippen molar-refractivity contribution in [1.82, 2.24) is 0 Å². The molecule has 1 heterocycles. The highest BCUT2D eigenvalue weighted by Gasteiger charge is 2.33. The molecule has 0 aromatic heterocycles. The van der Waals surface area contributed by atoms with Crippen LogP contribution in [-0.4, -0.2) is 22.4 Å². The number of aliphatic imine (C=N–C) groups is 1. The minimum atomic E-state index is 0.129. The number of rotatable bonds is 2. The van der Waals surface area contributed by atoms with E-state index in [4.69, 9.17) is 5.73 Å². The summed E-state index contributed by atoms with van der Waals surface area (Å²) in [4.78, 5) is 4.40. The average molecular weight is 186 g/mol. The predicted octanol–water partition coefficient (Wildman–Crippen LogP) is 2.04. The molecule has 0 aromatic rings. The molecule has 70 valence electrons. The molecule has 0 amide bonds. The van der Waals surface area contributed by atoms with Crippen LogP contribution in [-0.2, 0) is 0 Å². The van der Waals surface area contributed by atoms with Crippen molar-refractivity contribution in [3.8, 4) is 0 Å². The molecule has 0 saturated carbocycles. The van der Waals surface area contributed by atoms with Gasteiger partial charge in [0, 0.05) is 6.04 Å². The van der Waals surface area contributed by atoms with Gasteiger partial charge in [-0.2, -0.15) is 0 Å². The van der Waals surface area contributed by atoms with Crippen molar-refractivity contribution in [3.05, 3.63) is 0 Å². The van der Waals surface area contributed by atoms with Gasteiger partial charge in [-0.05, 0) is 39.4 Å². The lowest BCUT2D eigenvalue weighted by Crippen LogP contribution is -2.36. The normalized spacial score (nSPS) is 31.5. The van der Waals surface area contributed by atoms with Crippen molar-refractivity contribution in [1.29, 1.82) is 0 Å². The minimum absolute atomic E-state index is 0.129. The zero-order valence-corrected chi connectivity index (χ0v) is 8.95. The fourth-order valence-corrected chi connectivity index (χ4v) is 2.62. The Balaban J connectivity index is 2.67. The largest absolute Gasteiger partial charge is 0.386 e. The Morgan fingerprint density at radius 2 is 2.25 bits per heavy atom. The van der Waals surface area contributed by atoms with Crippen molar-refractivity contribution in [2.24, 2.45) is 10.7 Å². The van der Waals surface area contributed by atoms with Crippen LogP contribution in [0.25, 0.3) is 0 Å². The first-order valence-corrected chi connectivity index (χ1v) is 5.51. The van der Waals surface area contributed by atoms with E-state index in [1.165, 1.54) is 18.6 Å². The molecule has 1 saturated heterocycles. The van der Waals surface area contributed by atoms with E-state index in [1.807, 2.05) is 11.8 Å². The molecule has 1 rings (SSSR count). The van der Waals surface area contributed by atoms with Crippen LogP contribution in [0.15, 0.2) is 4.99 Å². The van der Waals surface area contributed by atoms with E-state index in [-0.39, 0.29) is 4.75 Å². The number of hydrogen-bond donors (Lipinski definition) is 1. The van der Waals surface area contributed by atoms with Gasteiger partial charge in [0.25, 0.3) is 0 Å². The van der Waals surface area contributed by atoms with E-state index in [0.29, 0.717) is 6.04 Å². The van der Waals surface area contributed by atoms with Gasteiger partial charge in [0.05, 0.1) is 4.75 Å². The SMILES string of the molecule is CC(C)N=C(N)C1(C)CCCS1. The second-order valence-electron chi connectivity index (χ2n) is 3.79. The monoisotopic (exact) mass is 186 g/mol. The number of nitrogens with zero attached hydrogens (tertiary/aromatic N) is 1. The molecule has 3 heteroatoms. The van der Waals surface area contributed by atoms with E-state index in [0.717, 1.165) is 5.84 Å². The highest BCUT2D eigenvalue weighted by Crippen LogP contribution is 2.37. The second-order valence-corrected chi connectivity index (χ2v) is 5.39. The maximum absolute atomic E-state index is 5.94. The maximum Gasteiger partial charge on any atom is 0.110 e. The van der Waals surface area contributed by atoms with Gasteiger partial charge in [-0.15, -0.1) is 11.8 Å². The third kappa shape index (κ3) is 2.16. The molecule has 0 radical (unpaired) electrons. The molecule has 1 fully saturated rings. The summed E-state index contributed by atoms with van der Waals surface area (Å²) in [5, 5.41) is 0. The van der Waals surface area contributed by atoms with Gasteiger partial charge >= 0.3 is 0 Å². The third-order valence-electron chi connectivity index (χ3n) is 2.16. The van der Waals surface area contributed by atoms with E-state index in [9.17, 15) is 0 Å². The Hall–Kier alpha value is -0.180. The Labute approximate surface area is 79.0 Å². The Morgan fingerprint density at radius 1 is 1.58 bits per heavy atom. The molecular formula is C9H18N2S. The molecule has 0 aliphatic carbocycles. The van der Waals surface area contributed by atoms with Crippen LogP contribution in [0.5, 0.6) is 0 Å².